The van der Waals surface area contributed by atoms with Crippen molar-refractivity contribution in [3.63, 3.8) is 0 Å². The Morgan fingerprint density at radius 3 is 3.18 bits per heavy atom. The molecule has 2 rings (SSSR count). The summed E-state index contributed by atoms with van der Waals surface area (Å²) in [4.78, 5) is 0. The summed E-state index contributed by atoms with van der Waals surface area (Å²) in [6.45, 7) is 0.936. The minimum atomic E-state index is 0.936. The van der Waals surface area contributed by atoms with Crippen molar-refractivity contribution in [2.45, 2.75) is 6.54 Å². The third-order valence-electron chi connectivity index (χ3n) is 1.78. The maximum atomic E-state index is 3.44. The summed E-state index contributed by atoms with van der Waals surface area (Å²) >= 11 is 3.44. The quantitative estimate of drug-likeness (QED) is 0.693. The number of benzene rings is 1. The van der Waals surface area contributed by atoms with Crippen molar-refractivity contribution in [2.75, 3.05) is 0 Å². The van der Waals surface area contributed by atoms with Crippen LogP contribution in [0.25, 0.3) is 6.08 Å². The van der Waals surface area contributed by atoms with Gasteiger partial charge < -0.3 is 5.32 Å². The number of rotatable bonds is 0. The molecule has 0 aromatic heterocycles. The molecule has 0 fully saturated rings. The molecule has 1 nitrogen and oxygen atoms in total. The third kappa shape index (κ3) is 1.31. The highest BCUT2D eigenvalue weighted by atomic mass is 79.9. The second-order valence-electron chi connectivity index (χ2n) is 2.56. The SMILES string of the molecule is Brc1ccc2c(c1)CNC=C2. The van der Waals surface area contributed by atoms with Crippen LogP contribution in [0.5, 0.6) is 0 Å². The van der Waals surface area contributed by atoms with Crippen molar-refractivity contribution < 1.29 is 0 Å². The summed E-state index contributed by atoms with van der Waals surface area (Å²) in [5.74, 6) is 0. The predicted octanol–water partition coefficient (Wildman–Crippen LogP) is 2.52. The van der Waals surface area contributed by atoms with Crippen LogP contribution in [0, 0.1) is 0 Å². The number of halogens is 1. The van der Waals surface area contributed by atoms with E-state index in [1.165, 1.54) is 11.1 Å². The molecule has 1 heterocycles. The van der Waals surface area contributed by atoms with E-state index in [1.54, 1.807) is 0 Å². The molecule has 11 heavy (non-hydrogen) atoms. The molecule has 2 heteroatoms. The molecule has 0 radical (unpaired) electrons. The molecule has 56 valence electrons. The average molecular weight is 210 g/mol. The van der Waals surface area contributed by atoms with Gasteiger partial charge in [0, 0.05) is 11.0 Å². The lowest BCUT2D eigenvalue weighted by Gasteiger charge is -2.11. The summed E-state index contributed by atoms with van der Waals surface area (Å²) < 4.78 is 1.15. The molecule has 0 saturated heterocycles. The van der Waals surface area contributed by atoms with Crippen LogP contribution in [0.15, 0.2) is 28.9 Å². The van der Waals surface area contributed by atoms with E-state index in [2.05, 4.69) is 45.5 Å². The number of hydrogen-bond donors (Lipinski definition) is 1. The van der Waals surface area contributed by atoms with Crippen molar-refractivity contribution in [2.24, 2.45) is 0 Å². The van der Waals surface area contributed by atoms with Crippen molar-refractivity contribution >= 4 is 22.0 Å². The summed E-state index contributed by atoms with van der Waals surface area (Å²) in [7, 11) is 0. The van der Waals surface area contributed by atoms with E-state index in [1.807, 2.05) is 6.20 Å². The fourth-order valence-electron chi connectivity index (χ4n) is 1.21. The van der Waals surface area contributed by atoms with Crippen LogP contribution >= 0.6 is 15.9 Å². The Balaban J connectivity index is 2.53. The molecule has 0 amide bonds. The number of hydrogen-bond acceptors (Lipinski definition) is 1. The van der Waals surface area contributed by atoms with Gasteiger partial charge in [0.15, 0.2) is 0 Å². The third-order valence-corrected chi connectivity index (χ3v) is 2.27. The standard InChI is InChI=1S/C9H8BrN/c10-9-2-1-7-3-4-11-6-8(7)5-9/h1-5,11H,6H2. The van der Waals surface area contributed by atoms with Crippen LogP contribution in [0.3, 0.4) is 0 Å². The Morgan fingerprint density at radius 1 is 1.36 bits per heavy atom. The second-order valence-corrected chi connectivity index (χ2v) is 3.47. The van der Waals surface area contributed by atoms with Crippen LogP contribution in [-0.4, -0.2) is 0 Å². The fourth-order valence-corrected chi connectivity index (χ4v) is 1.62. The zero-order valence-corrected chi connectivity index (χ0v) is 7.56. The van der Waals surface area contributed by atoms with Crippen LogP contribution in [-0.2, 0) is 6.54 Å². The smallest absolute Gasteiger partial charge is 0.0401 e. The van der Waals surface area contributed by atoms with Crippen molar-refractivity contribution in [3.05, 3.63) is 40.0 Å². The Bertz CT molecular complexity index is 304. The topological polar surface area (TPSA) is 12.0 Å². The van der Waals surface area contributed by atoms with E-state index in [4.69, 9.17) is 0 Å². The van der Waals surface area contributed by atoms with Crippen molar-refractivity contribution in [3.8, 4) is 0 Å². The monoisotopic (exact) mass is 209 g/mol. The van der Waals surface area contributed by atoms with Gasteiger partial charge in [0.1, 0.15) is 0 Å². The highest BCUT2D eigenvalue weighted by Gasteiger charge is 2.02. The molecular formula is C9H8BrN. The van der Waals surface area contributed by atoms with Gasteiger partial charge in [-0.15, -0.1) is 0 Å². The van der Waals surface area contributed by atoms with E-state index >= 15 is 0 Å². The average Bonchev–Trinajstić information content (AvgIpc) is 2.04. The highest BCUT2D eigenvalue weighted by Crippen LogP contribution is 2.19. The Kier molecular flexibility index (Phi) is 1.70. The van der Waals surface area contributed by atoms with Gasteiger partial charge in [0.05, 0.1) is 0 Å². The van der Waals surface area contributed by atoms with Gasteiger partial charge in [-0.1, -0.05) is 22.0 Å². The number of fused-ring (bicyclic) bond motifs is 1. The molecule has 1 aromatic carbocycles. The van der Waals surface area contributed by atoms with Crippen molar-refractivity contribution in [1.82, 2.24) is 5.32 Å². The largest absolute Gasteiger partial charge is 0.387 e. The molecule has 0 saturated carbocycles. The summed E-state index contributed by atoms with van der Waals surface area (Å²) in [5, 5.41) is 3.17. The van der Waals surface area contributed by atoms with Gasteiger partial charge >= 0.3 is 0 Å². The maximum absolute atomic E-state index is 3.44. The molecule has 0 bridgehead atoms. The first-order chi connectivity index (χ1) is 5.36. The van der Waals surface area contributed by atoms with E-state index < -0.39 is 0 Å². The predicted molar refractivity (Wildman–Crippen MR) is 50.0 cm³/mol. The van der Waals surface area contributed by atoms with E-state index in [0.29, 0.717) is 0 Å². The first-order valence-corrected chi connectivity index (χ1v) is 4.34. The lowest BCUT2D eigenvalue weighted by molar-refractivity contribution is 0.858. The molecule has 0 spiro atoms. The van der Waals surface area contributed by atoms with Crippen LogP contribution in [0.4, 0.5) is 0 Å². The molecule has 1 aromatic rings. The van der Waals surface area contributed by atoms with Crippen LogP contribution < -0.4 is 5.32 Å². The minimum absolute atomic E-state index is 0.936. The molecular weight excluding hydrogens is 202 g/mol. The number of nitrogens with one attached hydrogen (secondary N) is 1. The Morgan fingerprint density at radius 2 is 2.27 bits per heavy atom. The Labute approximate surface area is 74.2 Å². The summed E-state index contributed by atoms with van der Waals surface area (Å²) in [5.41, 5.74) is 2.66. The second kappa shape index (κ2) is 2.70. The van der Waals surface area contributed by atoms with Crippen molar-refractivity contribution in [1.29, 1.82) is 0 Å². The zero-order chi connectivity index (χ0) is 7.68. The van der Waals surface area contributed by atoms with E-state index in [0.717, 1.165) is 11.0 Å². The first kappa shape index (κ1) is 6.92. The van der Waals surface area contributed by atoms with Gasteiger partial charge in [0.25, 0.3) is 0 Å². The van der Waals surface area contributed by atoms with Gasteiger partial charge in [-0.25, -0.2) is 0 Å². The first-order valence-electron chi connectivity index (χ1n) is 3.54. The fraction of sp³-hybridized carbons (Fsp3) is 0.111. The normalized spacial score (nSPS) is 13.9. The lowest BCUT2D eigenvalue weighted by atomic mass is 10.1. The van der Waals surface area contributed by atoms with Crippen LogP contribution in [0.2, 0.25) is 0 Å². The van der Waals surface area contributed by atoms with Gasteiger partial charge in [0.2, 0.25) is 0 Å². The summed E-state index contributed by atoms with van der Waals surface area (Å²) in [6, 6.07) is 6.33. The minimum Gasteiger partial charge on any atom is -0.387 e. The molecule has 0 unspecified atom stereocenters. The maximum Gasteiger partial charge on any atom is 0.0401 e. The molecule has 0 atom stereocenters. The Hall–Kier alpha value is -0.760. The van der Waals surface area contributed by atoms with Gasteiger partial charge in [-0.3, -0.25) is 0 Å². The highest BCUT2D eigenvalue weighted by molar-refractivity contribution is 9.10. The van der Waals surface area contributed by atoms with E-state index in [-0.39, 0.29) is 0 Å². The molecule has 1 N–H and O–H groups in total. The van der Waals surface area contributed by atoms with Crippen LogP contribution in [0.1, 0.15) is 11.1 Å². The summed E-state index contributed by atoms with van der Waals surface area (Å²) in [6.07, 6.45) is 4.07. The zero-order valence-electron chi connectivity index (χ0n) is 5.97. The van der Waals surface area contributed by atoms with Gasteiger partial charge in [-0.2, -0.15) is 0 Å². The molecule has 0 aliphatic carbocycles. The van der Waals surface area contributed by atoms with Gasteiger partial charge in [-0.05, 0) is 35.5 Å². The molecule has 1 aliphatic heterocycles. The van der Waals surface area contributed by atoms with E-state index in [9.17, 15) is 0 Å². The lowest BCUT2D eigenvalue weighted by Crippen LogP contribution is -2.09. The molecule has 1 aliphatic rings.